The van der Waals surface area contributed by atoms with Gasteiger partial charge in [0.1, 0.15) is 0 Å². The van der Waals surface area contributed by atoms with Crippen molar-refractivity contribution in [3.63, 3.8) is 0 Å². The Hall–Kier alpha value is -1.37. The second-order valence-corrected chi connectivity index (χ2v) is 6.37. The van der Waals surface area contributed by atoms with E-state index in [1.807, 2.05) is 12.1 Å². The van der Waals surface area contributed by atoms with Crippen LogP contribution < -0.4 is 5.32 Å². The average molecular weight is 283 g/mol. The average Bonchev–Trinajstić information content (AvgIpc) is 2.57. The monoisotopic (exact) mass is 283 g/mol. The van der Waals surface area contributed by atoms with Crippen LogP contribution in [0, 0.1) is 17.2 Å². The maximum atomic E-state index is 9.19. The van der Waals surface area contributed by atoms with Crippen molar-refractivity contribution >= 4 is 0 Å². The lowest BCUT2D eigenvalue weighted by Crippen LogP contribution is -2.47. The third-order valence-corrected chi connectivity index (χ3v) is 5.00. The van der Waals surface area contributed by atoms with Crippen LogP contribution in [0.1, 0.15) is 49.3 Å². The van der Waals surface area contributed by atoms with Gasteiger partial charge in [0.15, 0.2) is 0 Å². The van der Waals surface area contributed by atoms with Crippen molar-refractivity contribution in [1.29, 1.82) is 5.26 Å². The van der Waals surface area contributed by atoms with Gasteiger partial charge in [-0.05, 0) is 36.5 Å². The summed E-state index contributed by atoms with van der Waals surface area (Å²) in [6.45, 7) is 4.41. The van der Waals surface area contributed by atoms with Crippen LogP contribution in [0.25, 0.3) is 0 Å². The summed E-state index contributed by atoms with van der Waals surface area (Å²) in [7, 11) is 0. The van der Waals surface area contributed by atoms with Gasteiger partial charge in [-0.25, -0.2) is 0 Å². The molecule has 1 aliphatic carbocycles. The van der Waals surface area contributed by atoms with E-state index in [9.17, 15) is 5.26 Å². The number of nitrogens with zero attached hydrogens (tertiary/aromatic N) is 2. The van der Waals surface area contributed by atoms with Crippen molar-refractivity contribution in [1.82, 2.24) is 10.2 Å². The van der Waals surface area contributed by atoms with Crippen molar-refractivity contribution in [2.24, 2.45) is 5.92 Å². The Bertz CT molecular complexity index is 475. The Kier molecular flexibility index (Phi) is 4.90. The van der Waals surface area contributed by atoms with Crippen molar-refractivity contribution in [3.05, 3.63) is 35.4 Å². The largest absolute Gasteiger partial charge is 0.314 e. The molecule has 1 saturated heterocycles. The maximum absolute atomic E-state index is 9.19. The molecule has 2 fully saturated rings. The van der Waals surface area contributed by atoms with Crippen LogP contribution in [-0.4, -0.2) is 31.1 Å². The molecule has 0 amide bonds. The summed E-state index contributed by atoms with van der Waals surface area (Å²) in [5.41, 5.74) is 2.14. The fourth-order valence-corrected chi connectivity index (χ4v) is 3.98. The molecule has 1 saturated carbocycles. The number of hydrogen-bond donors (Lipinski definition) is 1. The minimum Gasteiger partial charge on any atom is -0.314 e. The van der Waals surface area contributed by atoms with E-state index in [-0.39, 0.29) is 0 Å². The maximum Gasteiger partial charge on any atom is 0.0991 e. The Morgan fingerprint density at radius 1 is 1.14 bits per heavy atom. The fraction of sp³-hybridized carbons (Fsp3) is 0.611. The molecular formula is C18H25N3. The first-order valence-electron chi connectivity index (χ1n) is 8.33. The minimum absolute atomic E-state index is 0.501. The summed E-state index contributed by atoms with van der Waals surface area (Å²) in [4.78, 5) is 2.64. The highest BCUT2D eigenvalue weighted by molar-refractivity contribution is 5.34. The Labute approximate surface area is 128 Å². The first-order chi connectivity index (χ1) is 10.4. The zero-order valence-corrected chi connectivity index (χ0v) is 12.7. The minimum atomic E-state index is 0.501. The van der Waals surface area contributed by atoms with Gasteiger partial charge in [0.25, 0.3) is 0 Å². The lowest BCUT2D eigenvalue weighted by Gasteiger charge is -2.41. The predicted molar refractivity (Wildman–Crippen MR) is 84.9 cm³/mol. The van der Waals surface area contributed by atoms with Crippen LogP contribution in [0.5, 0.6) is 0 Å². The fourth-order valence-electron chi connectivity index (χ4n) is 3.98. The number of nitrogens with one attached hydrogen (secondary N) is 1. The van der Waals surface area contributed by atoms with Gasteiger partial charge in [-0.1, -0.05) is 31.4 Å². The van der Waals surface area contributed by atoms with Crippen molar-refractivity contribution in [2.45, 2.75) is 38.1 Å². The molecule has 1 heterocycles. The lowest BCUT2D eigenvalue weighted by atomic mass is 9.80. The zero-order valence-electron chi connectivity index (χ0n) is 12.7. The van der Waals surface area contributed by atoms with E-state index in [0.29, 0.717) is 6.04 Å². The standard InChI is InChI=1S/C18H25N3/c19-14-15-5-4-8-17(13-15)18(16-6-2-1-3-7-16)21-11-9-20-10-12-21/h4-5,8,13,16,18,20H,1-3,6-7,9-12H2/t18-/m0/s1. The van der Waals surface area contributed by atoms with Crippen molar-refractivity contribution in [2.75, 3.05) is 26.2 Å². The highest BCUT2D eigenvalue weighted by Crippen LogP contribution is 2.38. The predicted octanol–water partition coefficient (Wildman–Crippen LogP) is 3.08. The smallest absolute Gasteiger partial charge is 0.0991 e. The number of nitriles is 1. The molecule has 0 bridgehead atoms. The zero-order chi connectivity index (χ0) is 14.5. The Balaban J connectivity index is 1.88. The van der Waals surface area contributed by atoms with Crippen LogP contribution in [0.2, 0.25) is 0 Å². The molecule has 1 atom stereocenters. The molecule has 3 nitrogen and oxygen atoms in total. The molecule has 0 spiro atoms. The number of piperazine rings is 1. The highest BCUT2D eigenvalue weighted by atomic mass is 15.2. The molecule has 1 N–H and O–H groups in total. The Morgan fingerprint density at radius 3 is 2.62 bits per heavy atom. The van der Waals surface area contributed by atoms with Crippen LogP contribution in [0.4, 0.5) is 0 Å². The van der Waals surface area contributed by atoms with Crippen LogP contribution >= 0.6 is 0 Å². The second kappa shape index (κ2) is 7.06. The van der Waals surface area contributed by atoms with E-state index in [1.54, 1.807) is 0 Å². The highest BCUT2D eigenvalue weighted by Gasteiger charge is 2.30. The molecule has 1 aliphatic heterocycles. The van der Waals surface area contributed by atoms with Crippen LogP contribution in [-0.2, 0) is 0 Å². The van der Waals surface area contributed by atoms with E-state index in [0.717, 1.165) is 37.7 Å². The lowest BCUT2D eigenvalue weighted by molar-refractivity contribution is 0.103. The summed E-state index contributed by atoms with van der Waals surface area (Å²) in [6, 6.07) is 11.1. The van der Waals surface area contributed by atoms with E-state index >= 15 is 0 Å². The first kappa shape index (κ1) is 14.6. The van der Waals surface area contributed by atoms with Gasteiger partial charge in [0.2, 0.25) is 0 Å². The summed E-state index contributed by atoms with van der Waals surface area (Å²) >= 11 is 0. The molecule has 1 aromatic rings. The van der Waals surface area contributed by atoms with Gasteiger partial charge in [-0.15, -0.1) is 0 Å². The molecular weight excluding hydrogens is 258 g/mol. The van der Waals surface area contributed by atoms with Crippen molar-refractivity contribution < 1.29 is 0 Å². The van der Waals surface area contributed by atoms with Crippen LogP contribution in [0.3, 0.4) is 0 Å². The van der Waals surface area contributed by atoms with E-state index in [4.69, 9.17) is 0 Å². The molecule has 2 aliphatic rings. The van der Waals surface area contributed by atoms with Gasteiger partial charge in [-0.3, -0.25) is 4.90 Å². The SMILES string of the molecule is N#Cc1cccc([C@H](C2CCCCC2)N2CCNCC2)c1. The molecule has 3 rings (SSSR count). The van der Waals surface area contributed by atoms with Gasteiger partial charge >= 0.3 is 0 Å². The molecule has 112 valence electrons. The van der Waals surface area contributed by atoms with Gasteiger partial charge in [-0.2, -0.15) is 5.26 Å². The molecule has 21 heavy (non-hydrogen) atoms. The van der Waals surface area contributed by atoms with Gasteiger partial charge in [0.05, 0.1) is 11.6 Å². The topological polar surface area (TPSA) is 39.1 Å². The molecule has 0 unspecified atom stereocenters. The van der Waals surface area contributed by atoms with Crippen LogP contribution in [0.15, 0.2) is 24.3 Å². The molecule has 0 aromatic heterocycles. The molecule has 0 radical (unpaired) electrons. The summed E-state index contributed by atoms with van der Waals surface area (Å²) in [6.07, 6.45) is 6.80. The first-order valence-corrected chi connectivity index (χ1v) is 8.33. The van der Waals surface area contributed by atoms with Crippen molar-refractivity contribution in [3.8, 4) is 6.07 Å². The van der Waals surface area contributed by atoms with E-state index in [2.05, 4.69) is 28.4 Å². The second-order valence-electron chi connectivity index (χ2n) is 6.37. The van der Waals surface area contributed by atoms with E-state index < -0.39 is 0 Å². The quantitative estimate of drug-likeness (QED) is 0.926. The normalized spacial score (nSPS) is 22.6. The molecule has 1 aromatic carbocycles. The number of hydrogen-bond acceptors (Lipinski definition) is 3. The number of benzene rings is 1. The van der Waals surface area contributed by atoms with E-state index in [1.165, 1.54) is 37.7 Å². The Morgan fingerprint density at radius 2 is 1.90 bits per heavy atom. The summed E-state index contributed by atoms with van der Waals surface area (Å²) in [5, 5.41) is 12.6. The third kappa shape index (κ3) is 3.45. The van der Waals surface area contributed by atoms with Gasteiger partial charge < -0.3 is 5.32 Å². The third-order valence-electron chi connectivity index (χ3n) is 5.00. The summed E-state index contributed by atoms with van der Waals surface area (Å²) < 4.78 is 0. The molecule has 3 heteroatoms. The van der Waals surface area contributed by atoms with Gasteiger partial charge in [0, 0.05) is 32.2 Å². The number of rotatable bonds is 3. The summed E-state index contributed by atoms with van der Waals surface area (Å²) in [5.74, 6) is 0.755.